The molecule has 7 nitrogen and oxygen atoms in total. The molecule has 0 aliphatic heterocycles. The first-order valence-corrected chi connectivity index (χ1v) is 5.79. The molecule has 102 valence electrons. The molecule has 0 spiro atoms. The van der Waals surface area contributed by atoms with Crippen LogP contribution >= 0.6 is 11.8 Å². The van der Waals surface area contributed by atoms with E-state index in [0.717, 1.165) is 10.5 Å². The van der Waals surface area contributed by atoms with Crippen LogP contribution in [0.15, 0.2) is 48.5 Å². The number of hydrogen-bond donors (Lipinski definition) is 0. The molecule has 2 rings (SSSR count). The summed E-state index contributed by atoms with van der Waals surface area (Å²) in [4.78, 5) is 20.4. The molecule has 0 fully saturated rings. The van der Waals surface area contributed by atoms with Crippen LogP contribution in [-0.4, -0.2) is 9.85 Å². The number of rotatable bonds is 4. The van der Waals surface area contributed by atoms with E-state index in [-0.39, 0.29) is 5.69 Å². The Balaban J connectivity index is 2.60. The van der Waals surface area contributed by atoms with Crippen LogP contribution in [0.5, 0.6) is 0 Å². The number of nitro benzene ring substituents is 2. The summed E-state index contributed by atoms with van der Waals surface area (Å²) < 4.78 is 1.02. The lowest BCUT2D eigenvalue weighted by atomic mass is 10.2. The first-order chi connectivity index (χ1) is 9.52. The van der Waals surface area contributed by atoms with Crippen molar-refractivity contribution in [1.29, 1.82) is 0 Å². The molecule has 0 atom stereocenters. The average molecular weight is 294 g/mol. The average Bonchev–Trinajstić information content (AvgIpc) is 2.46. The van der Waals surface area contributed by atoms with Gasteiger partial charge in [0.25, 0.3) is 0 Å². The summed E-state index contributed by atoms with van der Waals surface area (Å²) in [6, 6.07) is 12.2. The van der Waals surface area contributed by atoms with Gasteiger partial charge in [0.15, 0.2) is 0 Å². The molecular formula is C12H8ClN3O4. The van der Waals surface area contributed by atoms with Crippen LogP contribution in [0.3, 0.4) is 0 Å². The van der Waals surface area contributed by atoms with Crippen molar-refractivity contribution in [2.24, 2.45) is 0 Å². The van der Waals surface area contributed by atoms with E-state index in [1.54, 1.807) is 30.3 Å². The number of nitrogens with zero attached hydrogens (tertiary/aromatic N) is 3. The van der Waals surface area contributed by atoms with E-state index in [2.05, 4.69) is 0 Å². The molecule has 0 saturated heterocycles. The standard InChI is InChI=1S/C12H8ClN3O4/c13-14(9-5-2-1-3-6-9)10-7-4-8-11(15(17)18)12(10)16(19)20/h1-8H. The fourth-order valence-electron chi connectivity index (χ4n) is 1.71. The molecular weight excluding hydrogens is 286 g/mol. The van der Waals surface area contributed by atoms with Crippen LogP contribution in [0.2, 0.25) is 0 Å². The summed E-state index contributed by atoms with van der Waals surface area (Å²) in [5, 5.41) is 22.0. The summed E-state index contributed by atoms with van der Waals surface area (Å²) >= 11 is 6.06. The van der Waals surface area contributed by atoms with Gasteiger partial charge in [-0.3, -0.25) is 20.2 Å². The van der Waals surface area contributed by atoms with Crippen molar-refractivity contribution in [2.75, 3.05) is 4.42 Å². The lowest BCUT2D eigenvalue weighted by molar-refractivity contribution is -0.421. The number of benzene rings is 2. The zero-order chi connectivity index (χ0) is 14.7. The van der Waals surface area contributed by atoms with E-state index in [9.17, 15) is 20.2 Å². The van der Waals surface area contributed by atoms with Crippen molar-refractivity contribution in [1.82, 2.24) is 0 Å². The van der Waals surface area contributed by atoms with Crippen LogP contribution in [0, 0.1) is 20.2 Å². The van der Waals surface area contributed by atoms with Gasteiger partial charge >= 0.3 is 11.4 Å². The highest BCUT2D eigenvalue weighted by Crippen LogP contribution is 2.40. The van der Waals surface area contributed by atoms with Crippen LogP contribution in [-0.2, 0) is 0 Å². The summed E-state index contributed by atoms with van der Waals surface area (Å²) in [7, 11) is 0. The van der Waals surface area contributed by atoms with Crippen LogP contribution < -0.4 is 4.42 Å². The maximum absolute atomic E-state index is 11.1. The van der Waals surface area contributed by atoms with E-state index < -0.39 is 21.2 Å². The smallest absolute Gasteiger partial charge is 0.258 e. The minimum atomic E-state index is -0.814. The summed E-state index contributed by atoms with van der Waals surface area (Å²) in [5.41, 5.74) is -0.833. The van der Waals surface area contributed by atoms with Crippen molar-refractivity contribution in [3.05, 3.63) is 68.8 Å². The number of halogens is 1. The van der Waals surface area contributed by atoms with Gasteiger partial charge < -0.3 is 0 Å². The highest BCUT2D eigenvalue weighted by atomic mass is 35.5. The Morgan fingerprint density at radius 2 is 1.55 bits per heavy atom. The SMILES string of the molecule is O=[N+]([O-])c1cccc(N(Cl)c2ccccc2)c1[N+](=O)[O-]. The van der Waals surface area contributed by atoms with Gasteiger partial charge in [0.05, 0.1) is 15.5 Å². The maximum atomic E-state index is 11.1. The molecule has 0 heterocycles. The normalized spacial score (nSPS) is 10.1. The number of nitro groups is 2. The molecule has 0 saturated carbocycles. The van der Waals surface area contributed by atoms with E-state index in [1.165, 1.54) is 12.1 Å². The van der Waals surface area contributed by atoms with Gasteiger partial charge in [-0.25, -0.2) is 4.42 Å². The van der Waals surface area contributed by atoms with E-state index in [0.29, 0.717) is 5.69 Å². The topological polar surface area (TPSA) is 89.5 Å². The molecule has 0 radical (unpaired) electrons. The monoisotopic (exact) mass is 293 g/mol. The number of hydrogen-bond acceptors (Lipinski definition) is 5. The molecule has 2 aromatic carbocycles. The molecule has 0 bridgehead atoms. The Morgan fingerprint density at radius 3 is 2.10 bits per heavy atom. The Morgan fingerprint density at radius 1 is 0.900 bits per heavy atom. The second-order valence-corrected chi connectivity index (χ2v) is 4.11. The molecule has 0 aliphatic carbocycles. The fraction of sp³-hybridized carbons (Fsp3) is 0. The Labute approximate surface area is 118 Å². The first-order valence-electron chi connectivity index (χ1n) is 5.45. The van der Waals surface area contributed by atoms with Gasteiger partial charge in [-0.2, -0.15) is 0 Å². The van der Waals surface area contributed by atoms with E-state index in [1.807, 2.05) is 0 Å². The number of anilines is 2. The third-order valence-electron chi connectivity index (χ3n) is 2.57. The van der Waals surface area contributed by atoms with Gasteiger partial charge in [0, 0.05) is 17.8 Å². The third kappa shape index (κ3) is 2.52. The summed E-state index contributed by atoms with van der Waals surface area (Å²) in [5.74, 6) is 0. The number of para-hydroxylation sites is 2. The van der Waals surface area contributed by atoms with E-state index in [4.69, 9.17) is 11.8 Å². The van der Waals surface area contributed by atoms with Crippen molar-refractivity contribution >= 4 is 34.5 Å². The minimum Gasteiger partial charge on any atom is -0.258 e. The van der Waals surface area contributed by atoms with E-state index >= 15 is 0 Å². The van der Waals surface area contributed by atoms with Crippen LogP contribution in [0.1, 0.15) is 0 Å². The molecule has 20 heavy (non-hydrogen) atoms. The van der Waals surface area contributed by atoms with Crippen molar-refractivity contribution in [2.45, 2.75) is 0 Å². The quantitative estimate of drug-likeness (QED) is 0.486. The predicted octanol–water partition coefficient (Wildman–Crippen LogP) is 3.79. The summed E-state index contributed by atoms with van der Waals surface area (Å²) in [6.45, 7) is 0. The first kappa shape index (κ1) is 13.8. The minimum absolute atomic E-state index is 0.0583. The van der Waals surface area contributed by atoms with Gasteiger partial charge in [-0.15, -0.1) is 0 Å². The molecule has 0 amide bonds. The molecule has 8 heteroatoms. The molecule has 0 aromatic heterocycles. The highest BCUT2D eigenvalue weighted by molar-refractivity contribution is 6.30. The molecule has 0 unspecified atom stereocenters. The van der Waals surface area contributed by atoms with Crippen molar-refractivity contribution in [3.8, 4) is 0 Å². The van der Waals surface area contributed by atoms with Gasteiger partial charge in [-0.1, -0.05) is 24.3 Å². The van der Waals surface area contributed by atoms with Crippen LogP contribution in [0.25, 0.3) is 0 Å². The predicted molar refractivity (Wildman–Crippen MR) is 74.2 cm³/mol. The highest BCUT2D eigenvalue weighted by Gasteiger charge is 2.31. The van der Waals surface area contributed by atoms with Crippen molar-refractivity contribution in [3.63, 3.8) is 0 Å². The lowest BCUT2D eigenvalue weighted by Crippen LogP contribution is -2.07. The maximum Gasteiger partial charge on any atom is 0.370 e. The van der Waals surface area contributed by atoms with Gasteiger partial charge in [0.2, 0.25) is 0 Å². The van der Waals surface area contributed by atoms with Gasteiger partial charge in [-0.05, 0) is 18.2 Å². The Hall–Kier alpha value is -2.67. The molecule has 0 N–H and O–H groups in total. The Kier molecular flexibility index (Phi) is 3.81. The van der Waals surface area contributed by atoms with Crippen LogP contribution in [0.4, 0.5) is 22.7 Å². The second-order valence-electron chi connectivity index (χ2n) is 3.78. The largest absolute Gasteiger partial charge is 0.370 e. The fourth-order valence-corrected chi connectivity index (χ4v) is 1.96. The zero-order valence-electron chi connectivity index (χ0n) is 9.97. The lowest BCUT2D eigenvalue weighted by Gasteiger charge is -2.15. The van der Waals surface area contributed by atoms with Crippen molar-refractivity contribution < 1.29 is 9.85 Å². The zero-order valence-corrected chi connectivity index (χ0v) is 10.7. The Bertz CT molecular complexity index is 663. The molecule has 2 aromatic rings. The van der Waals surface area contributed by atoms with Gasteiger partial charge in [0.1, 0.15) is 5.69 Å². The second kappa shape index (κ2) is 5.54. The third-order valence-corrected chi connectivity index (χ3v) is 2.94. The summed E-state index contributed by atoms with van der Waals surface area (Å²) in [6.07, 6.45) is 0. The molecule has 0 aliphatic rings.